The Bertz CT molecular complexity index is 622. The minimum atomic E-state index is -4.13. The van der Waals surface area contributed by atoms with Crippen molar-refractivity contribution in [3.63, 3.8) is 0 Å². The molecule has 1 aliphatic heterocycles. The topological polar surface area (TPSA) is 146 Å². The van der Waals surface area contributed by atoms with Crippen LogP contribution >= 0.6 is 7.82 Å². The first kappa shape index (κ1) is 17.1. The fourth-order valence-electron chi connectivity index (χ4n) is 2.08. The Balaban J connectivity index is 2.00. The highest BCUT2D eigenvalue weighted by Crippen LogP contribution is 2.44. The SMILES string of the molecule is CCOP(=O)(O)OC[C@@H]1C[C@H](O)[C@H](n2ccc(N)nc2=O)O1. The molecule has 0 saturated carbocycles. The van der Waals surface area contributed by atoms with Gasteiger partial charge in [0.2, 0.25) is 0 Å². The van der Waals surface area contributed by atoms with Crippen molar-refractivity contribution < 1.29 is 28.3 Å². The number of phosphoric ester groups is 1. The van der Waals surface area contributed by atoms with Gasteiger partial charge in [-0.05, 0) is 13.0 Å². The summed E-state index contributed by atoms with van der Waals surface area (Å²) in [6.45, 7) is 1.33. The number of nitrogens with zero attached hydrogens (tertiary/aromatic N) is 2. The number of hydrogen-bond acceptors (Lipinski definition) is 8. The van der Waals surface area contributed by atoms with Crippen molar-refractivity contribution in [2.45, 2.75) is 31.8 Å². The van der Waals surface area contributed by atoms with E-state index in [2.05, 4.69) is 9.51 Å². The number of aliphatic hydroxyl groups excluding tert-OH is 1. The van der Waals surface area contributed by atoms with Crippen LogP contribution < -0.4 is 11.4 Å². The number of nitrogens with two attached hydrogens (primary N) is 1. The fraction of sp³-hybridized carbons (Fsp3) is 0.636. The molecule has 1 aliphatic rings. The average molecular weight is 335 g/mol. The summed E-state index contributed by atoms with van der Waals surface area (Å²) in [4.78, 5) is 24.6. The highest BCUT2D eigenvalue weighted by molar-refractivity contribution is 7.47. The Morgan fingerprint density at radius 2 is 2.32 bits per heavy atom. The summed E-state index contributed by atoms with van der Waals surface area (Å²) < 4.78 is 27.3. The van der Waals surface area contributed by atoms with Gasteiger partial charge in [-0.3, -0.25) is 13.6 Å². The summed E-state index contributed by atoms with van der Waals surface area (Å²) in [5, 5.41) is 9.98. The highest BCUT2D eigenvalue weighted by atomic mass is 31.2. The molecule has 4 atom stereocenters. The van der Waals surface area contributed by atoms with Crippen LogP contribution in [0.4, 0.5) is 5.82 Å². The lowest BCUT2D eigenvalue weighted by molar-refractivity contribution is -0.0530. The molecule has 1 saturated heterocycles. The van der Waals surface area contributed by atoms with Crippen LogP contribution in [0.1, 0.15) is 19.6 Å². The first-order chi connectivity index (χ1) is 10.3. The number of aliphatic hydroxyl groups is 1. The molecule has 0 aromatic carbocycles. The minimum absolute atomic E-state index is 0.0249. The van der Waals surface area contributed by atoms with E-state index in [1.54, 1.807) is 6.92 Å². The second-order valence-corrected chi connectivity index (χ2v) is 6.13. The standard InChI is InChI=1S/C11H18N3O7P/c1-2-19-22(17,18)20-6-7-5-8(15)10(21-7)14-4-3-9(12)13-11(14)16/h3-4,7-8,10,15H,2,5-6H2,1H3,(H,17,18)(H2,12,13,16)/t7-,8-,10+/m0/s1. The molecule has 0 aliphatic carbocycles. The van der Waals surface area contributed by atoms with E-state index in [0.29, 0.717) is 0 Å². The second kappa shape index (κ2) is 6.86. The molecular weight excluding hydrogens is 317 g/mol. The van der Waals surface area contributed by atoms with Crippen molar-refractivity contribution >= 4 is 13.6 Å². The molecule has 1 aromatic rings. The van der Waals surface area contributed by atoms with Gasteiger partial charge in [0, 0.05) is 12.6 Å². The smallest absolute Gasteiger partial charge is 0.388 e. The van der Waals surface area contributed by atoms with Gasteiger partial charge in [-0.15, -0.1) is 0 Å². The van der Waals surface area contributed by atoms with E-state index >= 15 is 0 Å². The van der Waals surface area contributed by atoms with E-state index in [4.69, 9.17) is 15.0 Å². The van der Waals surface area contributed by atoms with Crippen LogP contribution in [0.15, 0.2) is 17.1 Å². The third-order valence-corrected chi connectivity index (χ3v) is 4.07. The van der Waals surface area contributed by atoms with Crippen molar-refractivity contribution in [1.29, 1.82) is 0 Å². The molecular formula is C11H18N3O7P. The lowest BCUT2D eigenvalue weighted by Gasteiger charge is -2.18. The van der Waals surface area contributed by atoms with Crippen LogP contribution in [0.5, 0.6) is 0 Å². The van der Waals surface area contributed by atoms with Gasteiger partial charge in [-0.1, -0.05) is 0 Å². The average Bonchev–Trinajstić information content (AvgIpc) is 2.78. The van der Waals surface area contributed by atoms with Crippen molar-refractivity contribution in [2.75, 3.05) is 18.9 Å². The van der Waals surface area contributed by atoms with Gasteiger partial charge in [-0.2, -0.15) is 4.98 Å². The maximum Gasteiger partial charge on any atom is 0.472 e. The maximum absolute atomic E-state index is 11.7. The molecule has 1 aromatic heterocycles. The van der Waals surface area contributed by atoms with Crippen LogP contribution in [0.3, 0.4) is 0 Å². The first-order valence-corrected chi connectivity index (χ1v) is 8.12. The molecule has 2 heterocycles. The lowest BCUT2D eigenvalue weighted by atomic mass is 10.2. The molecule has 0 amide bonds. The number of anilines is 1. The number of hydrogen-bond donors (Lipinski definition) is 3. The molecule has 4 N–H and O–H groups in total. The summed E-state index contributed by atoms with van der Waals surface area (Å²) in [7, 11) is -4.13. The number of ether oxygens (including phenoxy) is 1. The third-order valence-electron chi connectivity index (χ3n) is 3.01. The quantitative estimate of drug-likeness (QED) is 0.592. The van der Waals surface area contributed by atoms with Gasteiger partial charge in [0.25, 0.3) is 0 Å². The summed E-state index contributed by atoms with van der Waals surface area (Å²) in [6, 6.07) is 1.40. The van der Waals surface area contributed by atoms with Crippen molar-refractivity contribution in [3.8, 4) is 0 Å². The van der Waals surface area contributed by atoms with Gasteiger partial charge in [0.15, 0.2) is 6.23 Å². The van der Waals surface area contributed by atoms with Gasteiger partial charge >= 0.3 is 13.5 Å². The van der Waals surface area contributed by atoms with Crippen LogP contribution in [-0.2, 0) is 18.3 Å². The predicted molar refractivity (Wildman–Crippen MR) is 74.8 cm³/mol. The zero-order chi connectivity index (χ0) is 16.3. The van der Waals surface area contributed by atoms with Gasteiger partial charge in [0.05, 0.1) is 19.3 Å². The van der Waals surface area contributed by atoms with E-state index in [0.717, 1.165) is 4.57 Å². The Morgan fingerprint density at radius 3 is 2.95 bits per heavy atom. The number of aromatic nitrogens is 2. The molecule has 0 spiro atoms. The Hall–Kier alpha value is -1.29. The molecule has 0 radical (unpaired) electrons. The van der Waals surface area contributed by atoms with Crippen molar-refractivity contribution in [1.82, 2.24) is 9.55 Å². The third kappa shape index (κ3) is 4.13. The summed E-state index contributed by atoms with van der Waals surface area (Å²) in [5.74, 6) is 0.0616. The zero-order valence-electron chi connectivity index (χ0n) is 11.9. The van der Waals surface area contributed by atoms with Crippen LogP contribution in [0.2, 0.25) is 0 Å². The summed E-state index contributed by atoms with van der Waals surface area (Å²) in [6.07, 6.45) is -1.11. The highest BCUT2D eigenvalue weighted by Gasteiger charge is 2.37. The fourth-order valence-corrected chi connectivity index (χ4v) is 2.84. The monoisotopic (exact) mass is 335 g/mol. The van der Waals surface area contributed by atoms with E-state index in [9.17, 15) is 19.4 Å². The minimum Gasteiger partial charge on any atom is -0.388 e. The maximum atomic E-state index is 11.7. The Labute approximate surface area is 126 Å². The van der Waals surface area contributed by atoms with E-state index in [-0.39, 0.29) is 25.5 Å². The molecule has 124 valence electrons. The Kier molecular flexibility index (Phi) is 5.32. The molecule has 1 fully saturated rings. The molecule has 2 rings (SSSR count). The van der Waals surface area contributed by atoms with Crippen molar-refractivity contribution in [3.05, 3.63) is 22.7 Å². The molecule has 10 nitrogen and oxygen atoms in total. The predicted octanol–water partition coefficient (Wildman–Crippen LogP) is -0.373. The van der Waals surface area contributed by atoms with E-state index in [1.165, 1.54) is 12.3 Å². The second-order valence-electron chi connectivity index (χ2n) is 4.68. The first-order valence-electron chi connectivity index (χ1n) is 6.62. The van der Waals surface area contributed by atoms with E-state index in [1.807, 2.05) is 0 Å². The number of phosphoric acid groups is 1. The van der Waals surface area contributed by atoms with E-state index < -0.39 is 31.9 Å². The normalized spacial score (nSPS) is 27.7. The van der Waals surface area contributed by atoms with Crippen molar-refractivity contribution in [2.24, 2.45) is 0 Å². The van der Waals surface area contributed by atoms with Gasteiger partial charge in [-0.25, -0.2) is 9.36 Å². The largest absolute Gasteiger partial charge is 0.472 e. The molecule has 11 heteroatoms. The van der Waals surface area contributed by atoms with Gasteiger partial charge < -0.3 is 20.5 Å². The number of rotatable bonds is 6. The number of nitrogen functional groups attached to an aromatic ring is 1. The van der Waals surface area contributed by atoms with Gasteiger partial charge in [0.1, 0.15) is 11.9 Å². The zero-order valence-corrected chi connectivity index (χ0v) is 12.8. The summed E-state index contributed by atoms with van der Waals surface area (Å²) >= 11 is 0. The summed E-state index contributed by atoms with van der Waals surface area (Å²) in [5.41, 5.74) is 4.73. The van der Waals surface area contributed by atoms with Crippen LogP contribution in [0, 0.1) is 0 Å². The van der Waals surface area contributed by atoms with Crippen LogP contribution in [0.25, 0.3) is 0 Å². The van der Waals surface area contributed by atoms with Crippen LogP contribution in [-0.4, -0.2) is 45.0 Å². The molecule has 0 bridgehead atoms. The molecule has 22 heavy (non-hydrogen) atoms. The molecule has 1 unspecified atom stereocenters. The Morgan fingerprint density at radius 1 is 1.59 bits per heavy atom. The lowest BCUT2D eigenvalue weighted by Crippen LogP contribution is -2.31.